The van der Waals surface area contributed by atoms with Crippen molar-refractivity contribution in [1.82, 2.24) is 4.90 Å². The van der Waals surface area contributed by atoms with Crippen LogP contribution in [0.2, 0.25) is 0 Å². The van der Waals surface area contributed by atoms with Gasteiger partial charge in [-0.1, -0.05) is 39.1 Å². The molecule has 0 saturated carbocycles. The zero-order chi connectivity index (χ0) is 20.2. The molecule has 1 saturated heterocycles. The minimum absolute atomic E-state index is 0.159. The van der Waals surface area contributed by atoms with Gasteiger partial charge in [0.1, 0.15) is 17.3 Å². The molecule has 0 bridgehead atoms. The van der Waals surface area contributed by atoms with Crippen molar-refractivity contribution < 1.29 is 19.1 Å². The van der Waals surface area contributed by atoms with Crippen molar-refractivity contribution >= 4 is 47.0 Å². The van der Waals surface area contributed by atoms with Crippen molar-refractivity contribution in [2.45, 2.75) is 33.1 Å². The van der Waals surface area contributed by atoms with Gasteiger partial charge in [-0.3, -0.25) is 9.59 Å². The average Bonchev–Trinajstić information content (AvgIpc) is 2.58. The Hall–Kier alpha value is -1.86. The van der Waals surface area contributed by atoms with Gasteiger partial charge in [-0.2, -0.15) is 0 Å². The number of ether oxygens (including phenoxy) is 2. The molecule has 2 rings (SSSR count). The third kappa shape index (κ3) is 5.81. The standard InChI is InChI=1S/C20H25NO4S2/c1-13(22)25-16-7-6-14(10-15(16)20(2,3)4)11-17-19(26)21(8-9-27-17)12-18(23)24-5/h6-7,10-11H,8-9,12H2,1-5H3. The lowest BCUT2D eigenvalue weighted by Crippen LogP contribution is -2.39. The first kappa shape index (κ1) is 21.4. The highest BCUT2D eigenvalue weighted by Crippen LogP contribution is 2.34. The topological polar surface area (TPSA) is 55.8 Å². The molecule has 7 heteroatoms. The number of hydrogen-bond donors (Lipinski definition) is 0. The van der Waals surface area contributed by atoms with Gasteiger partial charge < -0.3 is 14.4 Å². The van der Waals surface area contributed by atoms with Crippen LogP contribution in [-0.2, 0) is 19.7 Å². The summed E-state index contributed by atoms with van der Waals surface area (Å²) in [6.45, 7) is 8.49. The van der Waals surface area contributed by atoms with Gasteiger partial charge in [-0.25, -0.2) is 0 Å². The molecular weight excluding hydrogens is 382 g/mol. The van der Waals surface area contributed by atoms with Crippen LogP contribution >= 0.6 is 24.0 Å². The predicted molar refractivity (Wildman–Crippen MR) is 113 cm³/mol. The van der Waals surface area contributed by atoms with E-state index in [-0.39, 0.29) is 23.9 Å². The molecule has 0 N–H and O–H groups in total. The van der Waals surface area contributed by atoms with E-state index in [1.165, 1.54) is 14.0 Å². The molecule has 0 radical (unpaired) electrons. The Morgan fingerprint density at radius 1 is 1.33 bits per heavy atom. The largest absolute Gasteiger partial charge is 0.468 e. The lowest BCUT2D eigenvalue weighted by molar-refractivity contribution is -0.141. The van der Waals surface area contributed by atoms with Crippen LogP contribution in [0, 0.1) is 0 Å². The van der Waals surface area contributed by atoms with E-state index in [4.69, 9.17) is 21.7 Å². The van der Waals surface area contributed by atoms with Crippen molar-refractivity contribution in [3.05, 3.63) is 34.2 Å². The Bertz CT molecular complexity index is 781. The molecule has 1 aliphatic heterocycles. The van der Waals surface area contributed by atoms with Gasteiger partial charge in [0.05, 0.1) is 7.11 Å². The van der Waals surface area contributed by atoms with Crippen molar-refractivity contribution in [2.75, 3.05) is 26.0 Å². The summed E-state index contributed by atoms with van der Waals surface area (Å²) in [5.41, 5.74) is 1.74. The molecule has 0 aromatic heterocycles. The van der Waals surface area contributed by atoms with Gasteiger partial charge in [0, 0.05) is 29.7 Å². The third-order valence-corrected chi connectivity index (χ3v) is 5.64. The molecule has 1 aliphatic rings. The first-order chi connectivity index (χ1) is 12.6. The molecule has 27 heavy (non-hydrogen) atoms. The van der Waals surface area contributed by atoms with Crippen LogP contribution in [0.15, 0.2) is 23.1 Å². The maximum Gasteiger partial charge on any atom is 0.325 e. The number of carbonyl (C=O) groups is 2. The summed E-state index contributed by atoms with van der Waals surface area (Å²) in [6.07, 6.45) is 2.02. The van der Waals surface area contributed by atoms with Crippen molar-refractivity contribution in [3.63, 3.8) is 0 Å². The zero-order valence-electron chi connectivity index (χ0n) is 16.3. The lowest BCUT2D eigenvalue weighted by atomic mass is 9.85. The van der Waals surface area contributed by atoms with Gasteiger partial charge in [0.15, 0.2) is 0 Å². The molecule has 0 spiro atoms. The number of rotatable bonds is 4. The van der Waals surface area contributed by atoms with Crippen LogP contribution in [0.3, 0.4) is 0 Å². The first-order valence-corrected chi connectivity index (χ1v) is 10.0. The molecular formula is C20H25NO4S2. The minimum Gasteiger partial charge on any atom is -0.468 e. The number of methoxy groups -OCH3 is 1. The summed E-state index contributed by atoms with van der Waals surface area (Å²) < 4.78 is 10.1. The van der Waals surface area contributed by atoms with E-state index in [2.05, 4.69) is 20.8 Å². The number of thiocarbonyl (C=S) groups is 1. The third-order valence-electron chi connectivity index (χ3n) is 4.03. The van der Waals surface area contributed by atoms with Gasteiger partial charge in [0.2, 0.25) is 0 Å². The van der Waals surface area contributed by atoms with Crippen LogP contribution in [0.1, 0.15) is 38.8 Å². The van der Waals surface area contributed by atoms with Crippen molar-refractivity contribution in [3.8, 4) is 5.75 Å². The normalized spacial score (nSPS) is 16.4. The highest BCUT2D eigenvalue weighted by molar-refractivity contribution is 8.05. The number of thioether (sulfide) groups is 1. The fourth-order valence-electron chi connectivity index (χ4n) is 2.68. The molecule has 146 valence electrons. The second kappa shape index (κ2) is 8.89. The number of esters is 2. The van der Waals surface area contributed by atoms with Crippen molar-refractivity contribution in [1.29, 1.82) is 0 Å². The quantitative estimate of drug-likeness (QED) is 0.326. The summed E-state index contributed by atoms with van der Waals surface area (Å²) in [7, 11) is 1.37. The van der Waals surface area contributed by atoms with E-state index >= 15 is 0 Å². The first-order valence-electron chi connectivity index (χ1n) is 8.65. The number of benzene rings is 1. The van der Waals surface area contributed by atoms with Gasteiger partial charge in [-0.15, -0.1) is 11.8 Å². The van der Waals surface area contributed by atoms with Crippen LogP contribution in [0.4, 0.5) is 0 Å². The minimum atomic E-state index is -0.339. The molecule has 0 amide bonds. The molecule has 1 fully saturated rings. The van der Waals surface area contributed by atoms with E-state index in [1.807, 2.05) is 29.2 Å². The smallest absolute Gasteiger partial charge is 0.325 e. The van der Waals surface area contributed by atoms with Crippen LogP contribution in [0.5, 0.6) is 5.75 Å². The number of nitrogens with zero attached hydrogens (tertiary/aromatic N) is 1. The molecule has 1 heterocycles. The summed E-state index contributed by atoms with van der Waals surface area (Å²) >= 11 is 7.24. The van der Waals surface area contributed by atoms with Crippen LogP contribution in [0.25, 0.3) is 6.08 Å². The second-order valence-electron chi connectivity index (χ2n) is 7.26. The van der Waals surface area contributed by atoms with Crippen LogP contribution < -0.4 is 4.74 Å². The monoisotopic (exact) mass is 407 g/mol. The maximum atomic E-state index is 11.6. The van der Waals surface area contributed by atoms with E-state index in [9.17, 15) is 9.59 Å². The van der Waals surface area contributed by atoms with E-state index in [0.29, 0.717) is 17.3 Å². The predicted octanol–water partition coefficient (Wildman–Crippen LogP) is 3.80. The van der Waals surface area contributed by atoms with Gasteiger partial charge in [0.25, 0.3) is 0 Å². The fourth-order valence-corrected chi connectivity index (χ4v) is 4.07. The van der Waals surface area contributed by atoms with Crippen LogP contribution in [-0.4, -0.2) is 47.8 Å². The molecule has 1 aromatic carbocycles. The summed E-state index contributed by atoms with van der Waals surface area (Å²) in [4.78, 5) is 26.4. The summed E-state index contributed by atoms with van der Waals surface area (Å²) in [5, 5.41) is 0. The zero-order valence-corrected chi connectivity index (χ0v) is 18.0. The summed E-state index contributed by atoms with van der Waals surface area (Å²) in [5.74, 6) is 0.780. The molecule has 5 nitrogen and oxygen atoms in total. The molecule has 0 atom stereocenters. The van der Waals surface area contributed by atoms with E-state index < -0.39 is 0 Å². The SMILES string of the molecule is COC(=O)CN1CCSC(=Cc2ccc(OC(C)=O)c(C(C)(C)C)c2)C1=S. The summed E-state index contributed by atoms with van der Waals surface area (Å²) in [6, 6.07) is 5.74. The van der Waals surface area contributed by atoms with Gasteiger partial charge in [-0.05, 0) is 29.2 Å². The maximum absolute atomic E-state index is 11.6. The highest BCUT2D eigenvalue weighted by atomic mass is 32.2. The van der Waals surface area contributed by atoms with Gasteiger partial charge >= 0.3 is 11.9 Å². The Morgan fingerprint density at radius 2 is 2.04 bits per heavy atom. The number of hydrogen-bond acceptors (Lipinski definition) is 6. The highest BCUT2D eigenvalue weighted by Gasteiger charge is 2.24. The number of carbonyl (C=O) groups excluding carboxylic acids is 2. The Labute approximate surface area is 170 Å². The Kier molecular flexibility index (Phi) is 7.06. The Morgan fingerprint density at radius 3 is 2.63 bits per heavy atom. The van der Waals surface area contributed by atoms with Crippen molar-refractivity contribution in [2.24, 2.45) is 0 Å². The molecule has 0 unspecified atom stereocenters. The molecule has 1 aromatic rings. The second-order valence-corrected chi connectivity index (χ2v) is 8.78. The van der Waals surface area contributed by atoms with E-state index in [0.717, 1.165) is 21.8 Å². The Balaban J connectivity index is 2.33. The fraction of sp³-hybridized carbons (Fsp3) is 0.450. The average molecular weight is 408 g/mol. The lowest BCUT2D eigenvalue weighted by Gasteiger charge is -2.30. The molecule has 0 aliphatic carbocycles. The van der Waals surface area contributed by atoms with E-state index in [1.54, 1.807) is 11.8 Å².